The van der Waals surface area contributed by atoms with E-state index in [0.717, 1.165) is 63.6 Å². The number of carbonyl (C=O) groups is 2. The second-order valence-corrected chi connectivity index (χ2v) is 12.2. The van der Waals surface area contributed by atoms with E-state index >= 15 is 0 Å². The molecule has 0 spiro atoms. The molecule has 1 aromatic carbocycles. The summed E-state index contributed by atoms with van der Waals surface area (Å²) in [7, 11) is -3.42. The van der Waals surface area contributed by atoms with Crippen LogP contribution in [0.1, 0.15) is 63.9 Å². The first-order valence-electron chi connectivity index (χ1n) is 13.0. The van der Waals surface area contributed by atoms with Crippen molar-refractivity contribution in [3.63, 3.8) is 0 Å². The average molecular weight is 490 g/mol. The molecule has 1 aromatic rings. The number of hydrogen-bond donors (Lipinski definition) is 0. The molecule has 0 atom stereocenters. The molecular formula is C26H39N3O4S. The Kier molecular flexibility index (Phi) is 8.30. The number of amides is 2. The summed E-state index contributed by atoms with van der Waals surface area (Å²) < 4.78 is 27.2. The lowest BCUT2D eigenvalue weighted by atomic mass is 9.92. The maximum atomic E-state index is 12.8. The molecule has 3 fully saturated rings. The number of benzene rings is 1. The largest absolute Gasteiger partial charge is 0.343 e. The number of rotatable bonds is 6. The van der Waals surface area contributed by atoms with Crippen LogP contribution in [0.2, 0.25) is 0 Å². The van der Waals surface area contributed by atoms with Gasteiger partial charge in [-0.25, -0.2) is 8.42 Å². The molecule has 188 valence electrons. The van der Waals surface area contributed by atoms with Crippen LogP contribution in [0.3, 0.4) is 0 Å². The van der Waals surface area contributed by atoms with Gasteiger partial charge in [-0.15, -0.1) is 0 Å². The van der Waals surface area contributed by atoms with E-state index in [0.29, 0.717) is 49.8 Å². The van der Waals surface area contributed by atoms with Crippen molar-refractivity contribution in [1.29, 1.82) is 0 Å². The van der Waals surface area contributed by atoms with Gasteiger partial charge in [-0.3, -0.25) is 9.59 Å². The lowest BCUT2D eigenvalue weighted by Crippen LogP contribution is -2.46. The van der Waals surface area contributed by atoms with Gasteiger partial charge >= 0.3 is 0 Å². The molecule has 2 amide bonds. The van der Waals surface area contributed by atoms with E-state index in [2.05, 4.69) is 6.92 Å². The minimum Gasteiger partial charge on any atom is -0.343 e. The zero-order valence-electron chi connectivity index (χ0n) is 20.5. The second kappa shape index (κ2) is 11.2. The Morgan fingerprint density at radius 3 is 2.03 bits per heavy atom. The smallest absolute Gasteiger partial charge is 0.243 e. The molecule has 0 bridgehead atoms. The van der Waals surface area contributed by atoms with Crippen molar-refractivity contribution in [1.82, 2.24) is 14.1 Å². The molecule has 4 rings (SSSR count). The van der Waals surface area contributed by atoms with Crippen LogP contribution in [-0.4, -0.2) is 73.6 Å². The van der Waals surface area contributed by atoms with Gasteiger partial charge in [0, 0.05) is 51.6 Å². The van der Waals surface area contributed by atoms with Crippen LogP contribution in [-0.2, 0) is 26.0 Å². The van der Waals surface area contributed by atoms with Crippen LogP contribution >= 0.6 is 0 Å². The molecule has 0 aromatic heterocycles. The fraction of sp³-hybridized carbons (Fsp3) is 0.692. The highest BCUT2D eigenvalue weighted by molar-refractivity contribution is 7.89. The van der Waals surface area contributed by atoms with Gasteiger partial charge in [0.1, 0.15) is 0 Å². The van der Waals surface area contributed by atoms with Crippen LogP contribution in [0.4, 0.5) is 0 Å². The molecule has 0 radical (unpaired) electrons. The minimum atomic E-state index is -3.42. The van der Waals surface area contributed by atoms with Gasteiger partial charge in [-0.2, -0.15) is 4.31 Å². The summed E-state index contributed by atoms with van der Waals surface area (Å²) in [5, 5.41) is 0. The van der Waals surface area contributed by atoms with Gasteiger partial charge in [0.15, 0.2) is 0 Å². The number of sulfonamides is 1. The highest BCUT2D eigenvalue weighted by atomic mass is 32.2. The molecule has 0 aliphatic carbocycles. The molecule has 0 unspecified atom stereocenters. The standard InChI is InChI=1S/C26H39N3O4S/c1-21-11-17-28(18-12-21)26(31)23-13-19-27(20-14-23)25(30)10-7-22-5-8-24(9-6-22)34(32,33)29-15-3-2-4-16-29/h5-6,8-9,21,23H,2-4,7,10-20H2,1H3. The van der Waals surface area contributed by atoms with E-state index in [-0.39, 0.29) is 17.7 Å². The molecule has 0 saturated carbocycles. The minimum absolute atomic E-state index is 0.0480. The van der Waals surface area contributed by atoms with Gasteiger partial charge in [0.2, 0.25) is 21.8 Å². The Hall–Kier alpha value is -1.93. The van der Waals surface area contributed by atoms with Crippen molar-refractivity contribution in [3.8, 4) is 0 Å². The zero-order chi connectivity index (χ0) is 24.1. The van der Waals surface area contributed by atoms with E-state index in [9.17, 15) is 18.0 Å². The first-order valence-corrected chi connectivity index (χ1v) is 14.4. The van der Waals surface area contributed by atoms with Crippen LogP contribution in [0.15, 0.2) is 29.2 Å². The monoisotopic (exact) mass is 489 g/mol. The Bertz CT molecular complexity index is 941. The third kappa shape index (κ3) is 6.00. The number of likely N-dealkylation sites (tertiary alicyclic amines) is 2. The summed E-state index contributed by atoms with van der Waals surface area (Å²) in [5.41, 5.74) is 0.968. The first kappa shape index (κ1) is 25.2. The lowest BCUT2D eigenvalue weighted by Gasteiger charge is -2.36. The number of aryl methyl sites for hydroxylation is 1. The second-order valence-electron chi connectivity index (χ2n) is 10.3. The van der Waals surface area contributed by atoms with Crippen molar-refractivity contribution >= 4 is 21.8 Å². The summed E-state index contributed by atoms with van der Waals surface area (Å²) in [6.45, 7) is 6.47. The molecule has 3 saturated heterocycles. The fourth-order valence-electron chi connectivity index (χ4n) is 5.35. The van der Waals surface area contributed by atoms with Crippen molar-refractivity contribution in [3.05, 3.63) is 29.8 Å². The summed E-state index contributed by atoms with van der Waals surface area (Å²) in [6.07, 6.45) is 7.60. The lowest BCUT2D eigenvalue weighted by molar-refractivity contribution is -0.141. The fourth-order valence-corrected chi connectivity index (χ4v) is 6.87. The van der Waals surface area contributed by atoms with Crippen LogP contribution < -0.4 is 0 Å². The number of nitrogens with zero attached hydrogens (tertiary/aromatic N) is 3. The van der Waals surface area contributed by atoms with Crippen LogP contribution in [0.5, 0.6) is 0 Å². The molecule has 3 aliphatic heterocycles. The average Bonchev–Trinajstić information content (AvgIpc) is 2.88. The van der Waals surface area contributed by atoms with Crippen LogP contribution in [0.25, 0.3) is 0 Å². The van der Waals surface area contributed by atoms with E-state index in [4.69, 9.17) is 0 Å². The summed E-state index contributed by atoms with van der Waals surface area (Å²) in [4.78, 5) is 29.8. The maximum Gasteiger partial charge on any atom is 0.243 e. The van der Waals surface area contributed by atoms with E-state index < -0.39 is 10.0 Å². The van der Waals surface area contributed by atoms with Crippen molar-refractivity contribution in [2.24, 2.45) is 11.8 Å². The van der Waals surface area contributed by atoms with Gasteiger partial charge in [-0.1, -0.05) is 25.5 Å². The predicted molar refractivity (Wildman–Crippen MR) is 132 cm³/mol. The number of hydrogen-bond acceptors (Lipinski definition) is 4. The van der Waals surface area contributed by atoms with Gasteiger partial charge in [-0.05, 0) is 68.6 Å². The van der Waals surface area contributed by atoms with Crippen molar-refractivity contribution in [2.45, 2.75) is 69.6 Å². The molecular weight excluding hydrogens is 450 g/mol. The molecule has 34 heavy (non-hydrogen) atoms. The summed E-state index contributed by atoms with van der Waals surface area (Å²) in [5.74, 6) is 1.15. The van der Waals surface area contributed by atoms with Crippen LogP contribution in [0, 0.1) is 11.8 Å². The Balaban J connectivity index is 1.22. The molecule has 7 nitrogen and oxygen atoms in total. The normalized spacial score (nSPS) is 21.6. The van der Waals surface area contributed by atoms with Gasteiger partial charge in [0.25, 0.3) is 0 Å². The SMILES string of the molecule is CC1CCN(C(=O)C2CCN(C(=O)CCc3ccc(S(=O)(=O)N4CCCCC4)cc3)CC2)CC1. The van der Waals surface area contributed by atoms with E-state index in [1.165, 1.54) is 0 Å². The van der Waals surface area contributed by atoms with Gasteiger partial charge < -0.3 is 9.80 Å². The molecule has 8 heteroatoms. The topological polar surface area (TPSA) is 78.0 Å². The zero-order valence-corrected chi connectivity index (χ0v) is 21.3. The summed E-state index contributed by atoms with van der Waals surface area (Å²) >= 11 is 0. The Labute approximate surface area is 204 Å². The van der Waals surface area contributed by atoms with Gasteiger partial charge in [0.05, 0.1) is 4.90 Å². The molecule has 0 N–H and O–H groups in total. The Morgan fingerprint density at radius 2 is 1.41 bits per heavy atom. The van der Waals surface area contributed by atoms with E-state index in [1.54, 1.807) is 16.4 Å². The maximum absolute atomic E-state index is 12.8. The highest BCUT2D eigenvalue weighted by Gasteiger charge is 2.31. The summed E-state index contributed by atoms with van der Waals surface area (Å²) in [6, 6.07) is 6.99. The highest BCUT2D eigenvalue weighted by Crippen LogP contribution is 2.25. The quantitative estimate of drug-likeness (QED) is 0.614. The Morgan fingerprint density at radius 1 is 0.824 bits per heavy atom. The van der Waals surface area contributed by atoms with E-state index in [1.807, 2.05) is 21.9 Å². The van der Waals surface area contributed by atoms with Crippen molar-refractivity contribution < 1.29 is 18.0 Å². The first-order chi connectivity index (χ1) is 16.3. The number of piperidine rings is 3. The molecule has 3 aliphatic rings. The number of carbonyl (C=O) groups excluding carboxylic acids is 2. The third-order valence-electron chi connectivity index (χ3n) is 7.80. The third-order valence-corrected chi connectivity index (χ3v) is 9.71. The predicted octanol–water partition coefficient (Wildman–Crippen LogP) is 3.29. The molecule has 3 heterocycles. The van der Waals surface area contributed by atoms with Crippen molar-refractivity contribution in [2.75, 3.05) is 39.3 Å².